The molecular formula is C20H22ClNO. The summed E-state index contributed by atoms with van der Waals surface area (Å²) in [6.45, 7) is 1.70. The van der Waals surface area contributed by atoms with E-state index >= 15 is 0 Å². The number of carbonyl (C=O) groups excluding carboxylic acids is 1. The second-order valence-electron chi connectivity index (χ2n) is 6.27. The third-order valence-corrected chi connectivity index (χ3v) is 4.89. The molecule has 0 saturated carbocycles. The molecule has 0 atom stereocenters. The number of amides is 1. The van der Waals surface area contributed by atoms with Gasteiger partial charge in [0.1, 0.15) is 0 Å². The monoisotopic (exact) mass is 327 g/mol. The van der Waals surface area contributed by atoms with E-state index in [1.54, 1.807) is 12.1 Å². The molecule has 2 aromatic carbocycles. The topological polar surface area (TPSA) is 20.3 Å². The molecule has 2 nitrogen and oxygen atoms in total. The Morgan fingerprint density at radius 1 is 1.04 bits per heavy atom. The smallest absolute Gasteiger partial charge is 0.253 e. The van der Waals surface area contributed by atoms with Crippen molar-refractivity contribution >= 4 is 17.5 Å². The molecule has 0 aliphatic carbocycles. The number of rotatable bonds is 4. The third kappa shape index (κ3) is 4.35. The van der Waals surface area contributed by atoms with Crippen molar-refractivity contribution in [2.75, 3.05) is 13.1 Å². The van der Waals surface area contributed by atoms with Crippen LogP contribution in [0.25, 0.3) is 0 Å². The third-order valence-electron chi connectivity index (χ3n) is 4.66. The molecule has 1 fully saturated rings. The number of benzene rings is 2. The van der Waals surface area contributed by atoms with Crippen molar-refractivity contribution in [1.82, 2.24) is 4.90 Å². The van der Waals surface area contributed by atoms with Gasteiger partial charge < -0.3 is 4.90 Å². The first kappa shape index (κ1) is 16.1. The normalized spacial score (nSPS) is 15.6. The average Bonchev–Trinajstić information content (AvgIpc) is 2.61. The second-order valence-corrected chi connectivity index (χ2v) is 6.71. The lowest BCUT2D eigenvalue weighted by atomic mass is 9.90. The highest BCUT2D eigenvalue weighted by molar-refractivity contribution is 6.30. The summed E-state index contributed by atoms with van der Waals surface area (Å²) in [5.41, 5.74) is 2.10. The summed E-state index contributed by atoms with van der Waals surface area (Å²) in [6.07, 6.45) is 4.54. The van der Waals surface area contributed by atoms with Crippen LogP contribution in [0.4, 0.5) is 0 Å². The summed E-state index contributed by atoms with van der Waals surface area (Å²) in [6, 6.07) is 17.9. The van der Waals surface area contributed by atoms with Gasteiger partial charge in [0.15, 0.2) is 0 Å². The molecule has 0 radical (unpaired) electrons. The van der Waals surface area contributed by atoms with Gasteiger partial charge in [0.25, 0.3) is 5.91 Å². The Bertz CT molecular complexity index is 648. The SMILES string of the molecule is O=C(c1cccc(Cl)c1)N1CCC(CCc2ccccc2)CC1. The molecule has 1 aliphatic rings. The van der Waals surface area contributed by atoms with Gasteiger partial charge in [-0.1, -0.05) is 48.0 Å². The van der Waals surface area contributed by atoms with Crippen LogP contribution in [0.2, 0.25) is 5.02 Å². The first-order valence-electron chi connectivity index (χ1n) is 8.31. The first-order valence-corrected chi connectivity index (χ1v) is 8.69. The molecule has 0 bridgehead atoms. The predicted molar refractivity (Wildman–Crippen MR) is 94.8 cm³/mol. The fourth-order valence-electron chi connectivity index (χ4n) is 3.24. The van der Waals surface area contributed by atoms with Crippen LogP contribution in [0.3, 0.4) is 0 Å². The number of likely N-dealkylation sites (tertiary alicyclic amines) is 1. The zero-order valence-electron chi connectivity index (χ0n) is 13.2. The van der Waals surface area contributed by atoms with E-state index in [0.29, 0.717) is 10.6 Å². The minimum Gasteiger partial charge on any atom is -0.339 e. The molecule has 1 amide bonds. The van der Waals surface area contributed by atoms with E-state index in [0.717, 1.165) is 38.3 Å². The van der Waals surface area contributed by atoms with Gasteiger partial charge in [-0.15, -0.1) is 0 Å². The molecule has 120 valence electrons. The molecule has 0 aromatic heterocycles. The Labute approximate surface area is 143 Å². The van der Waals surface area contributed by atoms with Crippen molar-refractivity contribution in [3.63, 3.8) is 0 Å². The minimum atomic E-state index is 0.106. The fraction of sp³-hybridized carbons (Fsp3) is 0.350. The van der Waals surface area contributed by atoms with E-state index in [1.165, 1.54) is 12.0 Å². The largest absolute Gasteiger partial charge is 0.339 e. The lowest BCUT2D eigenvalue weighted by Gasteiger charge is -2.32. The van der Waals surface area contributed by atoms with Crippen molar-refractivity contribution in [1.29, 1.82) is 0 Å². The van der Waals surface area contributed by atoms with Crippen molar-refractivity contribution in [3.05, 3.63) is 70.7 Å². The van der Waals surface area contributed by atoms with Crippen molar-refractivity contribution < 1.29 is 4.79 Å². The van der Waals surface area contributed by atoms with E-state index in [4.69, 9.17) is 11.6 Å². The lowest BCUT2D eigenvalue weighted by Crippen LogP contribution is -2.38. The molecule has 1 aliphatic heterocycles. The summed E-state index contributed by atoms with van der Waals surface area (Å²) in [5, 5.41) is 0.619. The molecule has 23 heavy (non-hydrogen) atoms. The zero-order valence-corrected chi connectivity index (χ0v) is 14.0. The highest BCUT2D eigenvalue weighted by Crippen LogP contribution is 2.24. The average molecular weight is 328 g/mol. The van der Waals surface area contributed by atoms with Crippen molar-refractivity contribution in [2.45, 2.75) is 25.7 Å². The zero-order chi connectivity index (χ0) is 16.1. The van der Waals surface area contributed by atoms with Crippen LogP contribution in [-0.2, 0) is 6.42 Å². The molecular weight excluding hydrogens is 306 g/mol. The van der Waals surface area contributed by atoms with Crippen LogP contribution in [0.15, 0.2) is 54.6 Å². The molecule has 3 rings (SSSR count). The molecule has 1 saturated heterocycles. The number of hydrogen-bond donors (Lipinski definition) is 0. The Kier molecular flexibility index (Phi) is 5.35. The van der Waals surface area contributed by atoms with Gasteiger partial charge in [0, 0.05) is 23.7 Å². The van der Waals surface area contributed by atoms with Gasteiger partial charge in [0.2, 0.25) is 0 Å². The molecule has 0 unspecified atom stereocenters. The van der Waals surface area contributed by atoms with Crippen molar-refractivity contribution in [3.8, 4) is 0 Å². The number of nitrogens with zero attached hydrogens (tertiary/aromatic N) is 1. The Hall–Kier alpha value is -1.80. The van der Waals surface area contributed by atoms with Gasteiger partial charge in [-0.05, 0) is 55.4 Å². The Morgan fingerprint density at radius 2 is 1.78 bits per heavy atom. The Morgan fingerprint density at radius 3 is 2.48 bits per heavy atom. The van der Waals surface area contributed by atoms with E-state index in [2.05, 4.69) is 30.3 Å². The van der Waals surface area contributed by atoms with E-state index in [9.17, 15) is 4.79 Å². The lowest BCUT2D eigenvalue weighted by molar-refractivity contribution is 0.0687. The van der Waals surface area contributed by atoms with Crippen LogP contribution in [0, 0.1) is 5.92 Å². The van der Waals surface area contributed by atoms with Crippen LogP contribution in [0.1, 0.15) is 35.2 Å². The van der Waals surface area contributed by atoms with E-state index in [-0.39, 0.29) is 5.91 Å². The number of carbonyl (C=O) groups is 1. The molecule has 0 spiro atoms. The van der Waals surface area contributed by atoms with Crippen LogP contribution in [0.5, 0.6) is 0 Å². The molecule has 1 heterocycles. The Balaban J connectivity index is 1.49. The van der Waals surface area contributed by atoms with Gasteiger partial charge in [-0.3, -0.25) is 4.79 Å². The van der Waals surface area contributed by atoms with Crippen LogP contribution in [-0.4, -0.2) is 23.9 Å². The summed E-state index contributed by atoms with van der Waals surface area (Å²) in [7, 11) is 0. The summed E-state index contributed by atoms with van der Waals surface area (Å²) >= 11 is 5.98. The van der Waals surface area contributed by atoms with E-state index < -0.39 is 0 Å². The summed E-state index contributed by atoms with van der Waals surface area (Å²) < 4.78 is 0. The predicted octanol–water partition coefficient (Wildman–Crippen LogP) is 4.83. The fourth-order valence-corrected chi connectivity index (χ4v) is 3.43. The molecule has 0 N–H and O–H groups in total. The van der Waals surface area contributed by atoms with Gasteiger partial charge >= 0.3 is 0 Å². The van der Waals surface area contributed by atoms with Gasteiger partial charge in [-0.25, -0.2) is 0 Å². The number of aryl methyl sites for hydroxylation is 1. The number of halogens is 1. The van der Waals surface area contributed by atoms with Crippen LogP contribution < -0.4 is 0 Å². The number of piperidine rings is 1. The standard InChI is InChI=1S/C20H22ClNO/c21-19-8-4-7-18(15-19)20(23)22-13-11-17(12-14-22)10-9-16-5-2-1-3-6-16/h1-8,15,17H,9-14H2. The maximum absolute atomic E-state index is 12.5. The quantitative estimate of drug-likeness (QED) is 0.788. The van der Waals surface area contributed by atoms with Gasteiger partial charge in [0.05, 0.1) is 0 Å². The first-order chi connectivity index (χ1) is 11.2. The van der Waals surface area contributed by atoms with E-state index in [1.807, 2.05) is 17.0 Å². The number of hydrogen-bond acceptors (Lipinski definition) is 1. The van der Waals surface area contributed by atoms with Gasteiger partial charge in [-0.2, -0.15) is 0 Å². The highest BCUT2D eigenvalue weighted by atomic mass is 35.5. The molecule has 3 heteroatoms. The maximum atomic E-state index is 12.5. The second kappa shape index (κ2) is 7.65. The highest BCUT2D eigenvalue weighted by Gasteiger charge is 2.23. The molecule has 2 aromatic rings. The maximum Gasteiger partial charge on any atom is 0.253 e. The van der Waals surface area contributed by atoms with Crippen molar-refractivity contribution in [2.24, 2.45) is 5.92 Å². The summed E-state index contributed by atoms with van der Waals surface area (Å²) in [4.78, 5) is 14.5. The minimum absolute atomic E-state index is 0.106. The summed E-state index contributed by atoms with van der Waals surface area (Å²) in [5.74, 6) is 0.827. The van der Waals surface area contributed by atoms with Crippen LogP contribution >= 0.6 is 11.6 Å².